The molecule has 0 aliphatic rings. The van der Waals surface area contributed by atoms with Gasteiger partial charge in [0.25, 0.3) is 0 Å². The standard InChI is InChI=1S/C15H23NO5/c1-9(16)11(8-14(17)21-5)15-12(19-3)6-10(18-2)7-13(15)20-4/h6-7,9,11H,8,16H2,1-5H3. The van der Waals surface area contributed by atoms with Crippen molar-refractivity contribution in [3.63, 3.8) is 0 Å². The molecule has 2 atom stereocenters. The molecule has 0 fully saturated rings. The predicted octanol–water partition coefficient (Wildman–Crippen LogP) is 1.71. The summed E-state index contributed by atoms with van der Waals surface area (Å²) in [5.41, 5.74) is 6.78. The fourth-order valence-electron chi connectivity index (χ4n) is 2.21. The van der Waals surface area contributed by atoms with Crippen molar-refractivity contribution in [2.24, 2.45) is 5.73 Å². The highest BCUT2D eigenvalue weighted by Gasteiger charge is 2.28. The summed E-state index contributed by atoms with van der Waals surface area (Å²) < 4.78 is 20.8. The Morgan fingerprint density at radius 2 is 1.62 bits per heavy atom. The van der Waals surface area contributed by atoms with Gasteiger partial charge >= 0.3 is 5.97 Å². The molecule has 0 heterocycles. The Labute approximate surface area is 125 Å². The molecule has 0 aliphatic carbocycles. The summed E-state index contributed by atoms with van der Waals surface area (Å²) >= 11 is 0. The van der Waals surface area contributed by atoms with Gasteiger partial charge in [-0.3, -0.25) is 4.79 Å². The van der Waals surface area contributed by atoms with Crippen LogP contribution in [0.25, 0.3) is 0 Å². The molecule has 21 heavy (non-hydrogen) atoms. The third kappa shape index (κ3) is 4.01. The summed E-state index contributed by atoms with van der Waals surface area (Å²) in [6, 6.07) is 3.20. The van der Waals surface area contributed by atoms with Gasteiger partial charge in [0.1, 0.15) is 17.2 Å². The molecular weight excluding hydrogens is 274 g/mol. The van der Waals surface area contributed by atoms with E-state index in [4.69, 9.17) is 24.7 Å². The average molecular weight is 297 g/mol. The van der Waals surface area contributed by atoms with E-state index in [0.29, 0.717) is 17.2 Å². The Hall–Kier alpha value is -1.95. The van der Waals surface area contributed by atoms with Crippen molar-refractivity contribution in [2.45, 2.75) is 25.3 Å². The number of rotatable bonds is 7. The lowest BCUT2D eigenvalue weighted by Gasteiger charge is -2.25. The number of carbonyl (C=O) groups excluding carboxylic acids is 1. The summed E-state index contributed by atoms with van der Waals surface area (Å²) in [5.74, 6) is 1.12. The van der Waals surface area contributed by atoms with E-state index >= 15 is 0 Å². The highest BCUT2D eigenvalue weighted by molar-refractivity contribution is 5.71. The maximum absolute atomic E-state index is 11.6. The lowest BCUT2D eigenvalue weighted by Crippen LogP contribution is -2.28. The molecule has 1 aromatic carbocycles. The smallest absolute Gasteiger partial charge is 0.306 e. The van der Waals surface area contributed by atoms with Crippen LogP contribution < -0.4 is 19.9 Å². The predicted molar refractivity (Wildman–Crippen MR) is 79.1 cm³/mol. The van der Waals surface area contributed by atoms with E-state index in [1.165, 1.54) is 7.11 Å². The highest BCUT2D eigenvalue weighted by atomic mass is 16.5. The van der Waals surface area contributed by atoms with Crippen molar-refractivity contribution in [2.75, 3.05) is 28.4 Å². The topological polar surface area (TPSA) is 80.0 Å². The number of hydrogen-bond acceptors (Lipinski definition) is 6. The molecular formula is C15H23NO5. The minimum atomic E-state index is -0.336. The normalized spacial score (nSPS) is 13.2. The molecule has 0 spiro atoms. The van der Waals surface area contributed by atoms with E-state index in [1.807, 2.05) is 6.92 Å². The molecule has 118 valence electrons. The van der Waals surface area contributed by atoms with E-state index < -0.39 is 0 Å². The van der Waals surface area contributed by atoms with Crippen LogP contribution in [0, 0.1) is 0 Å². The van der Waals surface area contributed by atoms with Crippen molar-refractivity contribution < 1.29 is 23.7 Å². The number of esters is 1. The SMILES string of the molecule is COC(=O)CC(c1c(OC)cc(OC)cc1OC)C(C)N. The zero-order valence-corrected chi connectivity index (χ0v) is 13.1. The van der Waals surface area contributed by atoms with E-state index in [0.717, 1.165) is 5.56 Å². The first-order valence-corrected chi connectivity index (χ1v) is 6.60. The molecule has 0 aromatic heterocycles. The fourth-order valence-corrected chi connectivity index (χ4v) is 2.21. The van der Waals surface area contributed by atoms with E-state index in [2.05, 4.69) is 0 Å². The van der Waals surface area contributed by atoms with Crippen LogP contribution in [0.1, 0.15) is 24.8 Å². The summed E-state index contributed by atoms with van der Waals surface area (Å²) in [6.07, 6.45) is 0.146. The first-order chi connectivity index (χ1) is 9.98. The number of nitrogens with two attached hydrogens (primary N) is 1. The van der Waals surface area contributed by atoms with Gasteiger partial charge in [0.05, 0.1) is 34.9 Å². The van der Waals surface area contributed by atoms with Crippen LogP contribution in [0.2, 0.25) is 0 Å². The summed E-state index contributed by atoms with van der Waals surface area (Å²) in [5, 5.41) is 0. The largest absolute Gasteiger partial charge is 0.496 e. The zero-order chi connectivity index (χ0) is 16.0. The molecule has 0 saturated heterocycles. The van der Waals surface area contributed by atoms with Gasteiger partial charge in [-0.15, -0.1) is 0 Å². The Morgan fingerprint density at radius 1 is 1.10 bits per heavy atom. The maximum Gasteiger partial charge on any atom is 0.306 e. The monoisotopic (exact) mass is 297 g/mol. The van der Waals surface area contributed by atoms with Gasteiger partial charge in [0.15, 0.2) is 0 Å². The van der Waals surface area contributed by atoms with Crippen LogP contribution in [0.3, 0.4) is 0 Å². The number of methoxy groups -OCH3 is 4. The lowest BCUT2D eigenvalue weighted by atomic mass is 9.88. The Kier molecular flexibility index (Phi) is 6.30. The minimum Gasteiger partial charge on any atom is -0.496 e. The first-order valence-electron chi connectivity index (χ1n) is 6.60. The van der Waals surface area contributed by atoms with Crippen LogP contribution in [-0.2, 0) is 9.53 Å². The van der Waals surface area contributed by atoms with Crippen LogP contribution >= 0.6 is 0 Å². The molecule has 2 N–H and O–H groups in total. The number of carbonyl (C=O) groups is 1. The highest BCUT2D eigenvalue weighted by Crippen LogP contribution is 2.41. The summed E-state index contributed by atoms with van der Waals surface area (Å²) in [4.78, 5) is 11.6. The first kappa shape index (κ1) is 17.1. The van der Waals surface area contributed by atoms with Crippen molar-refractivity contribution >= 4 is 5.97 Å². The van der Waals surface area contributed by atoms with Crippen LogP contribution in [0.4, 0.5) is 0 Å². The molecule has 0 aliphatic heterocycles. The minimum absolute atomic E-state index is 0.146. The molecule has 6 heteroatoms. The maximum atomic E-state index is 11.6. The van der Waals surface area contributed by atoms with Crippen LogP contribution in [-0.4, -0.2) is 40.5 Å². The quantitative estimate of drug-likeness (QED) is 0.772. The lowest BCUT2D eigenvalue weighted by molar-refractivity contribution is -0.141. The van der Waals surface area contributed by atoms with Gasteiger partial charge in [-0.05, 0) is 6.92 Å². The van der Waals surface area contributed by atoms with Crippen LogP contribution in [0.5, 0.6) is 17.2 Å². The van der Waals surface area contributed by atoms with Gasteiger partial charge in [0.2, 0.25) is 0 Å². The van der Waals surface area contributed by atoms with Crippen molar-refractivity contribution in [3.05, 3.63) is 17.7 Å². The van der Waals surface area contributed by atoms with Crippen molar-refractivity contribution in [3.8, 4) is 17.2 Å². The van der Waals surface area contributed by atoms with Gasteiger partial charge in [-0.25, -0.2) is 0 Å². The van der Waals surface area contributed by atoms with Gasteiger partial charge in [0, 0.05) is 29.7 Å². The third-order valence-corrected chi connectivity index (χ3v) is 3.37. The summed E-state index contributed by atoms with van der Waals surface area (Å²) in [6.45, 7) is 1.83. The third-order valence-electron chi connectivity index (χ3n) is 3.37. The number of ether oxygens (including phenoxy) is 4. The Morgan fingerprint density at radius 3 is 1.95 bits per heavy atom. The zero-order valence-electron chi connectivity index (χ0n) is 13.1. The van der Waals surface area contributed by atoms with E-state index in [-0.39, 0.29) is 24.3 Å². The second-order valence-corrected chi connectivity index (χ2v) is 4.69. The van der Waals surface area contributed by atoms with Gasteiger partial charge < -0.3 is 24.7 Å². The summed E-state index contributed by atoms with van der Waals surface area (Å²) in [7, 11) is 6.01. The molecule has 0 radical (unpaired) electrons. The molecule has 1 aromatic rings. The Bertz CT molecular complexity index is 462. The molecule has 2 unspecified atom stereocenters. The molecule has 0 bridgehead atoms. The van der Waals surface area contributed by atoms with Crippen molar-refractivity contribution in [1.82, 2.24) is 0 Å². The molecule has 1 rings (SSSR count). The van der Waals surface area contributed by atoms with Crippen molar-refractivity contribution in [1.29, 1.82) is 0 Å². The van der Waals surface area contributed by atoms with E-state index in [1.54, 1.807) is 33.5 Å². The van der Waals surface area contributed by atoms with Crippen LogP contribution in [0.15, 0.2) is 12.1 Å². The average Bonchev–Trinajstić information content (AvgIpc) is 2.50. The second kappa shape index (κ2) is 7.73. The molecule has 0 amide bonds. The van der Waals surface area contributed by atoms with Gasteiger partial charge in [-0.1, -0.05) is 0 Å². The fraction of sp³-hybridized carbons (Fsp3) is 0.533. The molecule has 0 saturated carbocycles. The number of benzene rings is 1. The Balaban J connectivity index is 3.37. The van der Waals surface area contributed by atoms with Gasteiger partial charge in [-0.2, -0.15) is 0 Å². The van der Waals surface area contributed by atoms with E-state index in [9.17, 15) is 4.79 Å². The molecule has 6 nitrogen and oxygen atoms in total. The second-order valence-electron chi connectivity index (χ2n) is 4.69. The number of hydrogen-bond donors (Lipinski definition) is 1.